The molecule has 42 heavy (non-hydrogen) atoms. The summed E-state index contributed by atoms with van der Waals surface area (Å²) in [6.45, 7) is 0.655. The molecule has 0 saturated heterocycles. The number of nitrogens with one attached hydrogen (secondary N) is 3. The number of halogens is 2. The van der Waals surface area contributed by atoms with E-state index in [0.29, 0.717) is 16.2 Å². The normalized spacial score (nSPS) is 11.4. The summed E-state index contributed by atoms with van der Waals surface area (Å²) in [7, 11) is 1.68. The van der Waals surface area contributed by atoms with E-state index in [1.54, 1.807) is 19.3 Å². The van der Waals surface area contributed by atoms with Crippen molar-refractivity contribution < 1.29 is 33.0 Å². The number of hydrogen-bond acceptors (Lipinski definition) is 8. The molecule has 13 heteroatoms. The fraction of sp³-hybridized carbons (Fsp3) is 0.138. The number of pyridine rings is 1. The van der Waals surface area contributed by atoms with Gasteiger partial charge in [-0.15, -0.1) is 0 Å². The number of carbonyl (C=O) groups excluding carboxylic acids is 3. The van der Waals surface area contributed by atoms with Crippen LogP contribution in [0.15, 0.2) is 78.8 Å². The molecule has 0 atom stereocenters. The Morgan fingerprint density at radius 3 is 2.48 bits per heavy atom. The Balaban J connectivity index is 1.73. The SMILES string of the molecule is CN/C=C(\C=N)c1cc(Oc2ccc(NC(=O)/C(C)=C/N(CCO)C(=O)N(C=O)c3ccc(F)cc3)cc2F)ccn1. The van der Waals surface area contributed by atoms with Crippen LogP contribution in [0.25, 0.3) is 5.57 Å². The van der Waals surface area contributed by atoms with Crippen molar-refractivity contribution in [3.63, 3.8) is 0 Å². The van der Waals surface area contributed by atoms with E-state index in [0.717, 1.165) is 35.5 Å². The number of rotatable bonds is 12. The molecule has 3 aromatic rings. The fourth-order valence-corrected chi connectivity index (χ4v) is 3.57. The van der Waals surface area contributed by atoms with Gasteiger partial charge >= 0.3 is 6.03 Å². The second kappa shape index (κ2) is 14.8. The Labute approximate surface area is 240 Å². The number of nitrogens with zero attached hydrogens (tertiary/aromatic N) is 3. The summed E-state index contributed by atoms with van der Waals surface area (Å²) in [5, 5.41) is 22.3. The molecule has 0 aliphatic rings. The predicted molar refractivity (Wildman–Crippen MR) is 153 cm³/mol. The zero-order valence-corrected chi connectivity index (χ0v) is 22.7. The number of aromatic nitrogens is 1. The lowest BCUT2D eigenvalue weighted by Crippen LogP contribution is -2.41. The molecule has 0 saturated carbocycles. The molecule has 0 radical (unpaired) electrons. The molecule has 3 rings (SSSR count). The molecule has 0 unspecified atom stereocenters. The van der Waals surface area contributed by atoms with Crippen LogP contribution in [0.3, 0.4) is 0 Å². The maximum absolute atomic E-state index is 14.9. The monoisotopic (exact) mass is 578 g/mol. The summed E-state index contributed by atoms with van der Waals surface area (Å²) in [5.41, 5.74) is 1.10. The lowest BCUT2D eigenvalue weighted by Gasteiger charge is -2.24. The lowest BCUT2D eigenvalue weighted by atomic mass is 10.2. The third-order valence-electron chi connectivity index (χ3n) is 5.61. The van der Waals surface area contributed by atoms with Crippen LogP contribution in [-0.4, -0.2) is 59.8 Å². The van der Waals surface area contributed by atoms with E-state index >= 15 is 0 Å². The van der Waals surface area contributed by atoms with Gasteiger partial charge in [-0.3, -0.25) is 19.5 Å². The van der Waals surface area contributed by atoms with Crippen molar-refractivity contribution in [3.8, 4) is 11.5 Å². The number of allylic oxidation sites excluding steroid dienone is 1. The smallest absolute Gasteiger partial charge is 0.335 e. The molecule has 4 amide bonds. The number of ether oxygens (including phenoxy) is 1. The van der Waals surface area contributed by atoms with Gasteiger partial charge in [0.05, 0.1) is 24.5 Å². The van der Waals surface area contributed by atoms with Gasteiger partial charge in [0.2, 0.25) is 6.41 Å². The van der Waals surface area contributed by atoms with Crippen LogP contribution >= 0.6 is 0 Å². The van der Waals surface area contributed by atoms with E-state index in [9.17, 15) is 28.3 Å². The maximum Gasteiger partial charge on any atom is 0.335 e. The van der Waals surface area contributed by atoms with Crippen LogP contribution in [0, 0.1) is 17.0 Å². The summed E-state index contributed by atoms with van der Waals surface area (Å²) in [6.07, 6.45) is 5.51. The minimum atomic E-state index is -0.890. The first-order chi connectivity index (χ1) is 20.2. The molecule has 0 fully saturated rings. The van der Waals surface area contributed by atoms with E-state index in [1.165, 1.54) is 43.5 Å². The molecular weight excluding hydrogens is 550 g/mol. The molecule has 4 N–H and O–H groups in total. The Morgan fingerprint density at radius 1 is 1.12 bits per heavy atom. The summed E-state index contributed by atoms with van der Waals surface area (Å²) < 4.78 is 33.7. The van der Waals surface area contributed by atoms with Crippen LogP contribution in [0.4, 0.5) is 25.0 Å². The molecule has 2 aromatic carbocycles. The summed E-state index contributed by atoms with van der Waals surface area (Å²) in [6, 6.07) is 10.6. The second-order valence-corrected chi connectivity index (χ2v) is 8.57. The highest BCUT2D eigenvalue weighted by Gasteiger charge is 2.22. The molecule has 0 bridgehead atoms. The van der Waals surface area contributed by atoms with Gasteiger partial charge in [0, 0.05) is 60.8 Å². The molecule has 0 aliphatic heterocycles. The number of urea groups is 1. The second-order valence-electron chi connectivity index (χ2n) is 8.57. The van der Waals surface area contributed by atoms with Crippen LogP contribution in [0.1, 0.15) is 12.6 Å². The van der Waals surface area contributed by atoms with Crippen LogP contribution < -0.4 is 20.3 Å². The molecule has 0 spiro atoms. The molecule has 1 heterocycles. The zero-order valence-electron chi connectivity index (χ0n) is 22.7. The summed E-state index contributed by atoms with van der Waals surface area (Å²) >= 11 is 0. The molecule has 11 nitrogen and oxygen atoms in total. The van der Waals surface area contributed by atoms with E-state index in [2.05, 4.69) is 15.6 Å². The Morgan fingerprint density at radius 2 is 1.86 bits per heavy atom. The average molecular weight is 579 g/mol. The average Bonchev–Trinajstić information content (AvgIpc) is 2.98. The van der Waals surface area contributed by atoms with Gasteiger partial charge in [-0.2, -0.15) is 0 Å². The largest absolute Gasteiger partial charge is 0.454 e. The highest BCUT2D eigenvalue weighted by atomic mass is 19.1. The summed E-state index contributed by atoms with van der Waals surface area (Å²) in [4.78, 5) is 43.2. The standard InChI is InChI=1S/C29H28F2N6O5/c1-19(17-36(11-12-38)29(41)37(18-39)23-6-3-21(30)4-7-23)28(40)35-22-5-8-27(25(31)13-22)42-24-9-10-34-26(14-24)20(15-32)16-33-2/h3-10,13-18,32-33,38H,11-12H2,1-2H3,(H,35,40)/b19-17+,20-16+,32-15?. The number of aliphatic hydroxyl groups is 1. The molecule has 1 aromatic heterocycles. The van der Waals surface area contributed by atoms with Gasteiger partial charge in [0.15, 0.2) is 11.6 Å². The number of aliphatic hydroxyl groups excluding tert-OH is 1. The van der Waals surface area contributed by atoms with Gasteiger partial charge in [-0.25, -0.2) is 18.5 Å². The topological polar surface area (TPSA) is 148 Å². The van der Waals surface area contributed by atoms with Crippen molar-refractivity contribution >= 4 is 41.5 Å². The Kier molecular flexibility index (Phi) is 11.0. The number of anilines is 2. The fourth-order valence-electron chi connectivity index (χ4n) is 3.57. The van der Waals surface area contributed by atoms with Crippen molar-refractivity contribution in [2.45, 2.75) is 6.92 Å². The highest BCUT2D eigenvalue weighted by molar-refractivity contribution is 6.08. The van der Waals surface area contributed by atoms with E-state index in [-0.39, 0.29) is 41.4 Å². The van der Waals surface area contributed by atoms with Gasteiger partial charge < -0.3 is 25.9 Å². The molecule has 218 valence electrons. The Bertz CT molecular complexity index is 1510. The number of imide groups is 1. The van der Waals surface area contributed by atoms with Gasteiger partial charge in [0.1, 0.15) is 11.6 Å². The van der Waals surface area contributed by atoms with Crippen molar-refractivity contribution in [1.29, 1.82) is 5.41 Å². The van der Waals surface area contributed by atoms with Crippen molar-refractivity contribution in [2.75, 3.05) is 30.4 Å². The van der Waals surface area contributed by atoms with Gasteiger partial charge in [0.25, 0.3) is 5.91 Å². The maximum atomic E-state index is 14.9. The number of amides is 4. The van der Waals surface area contributed by atoms with Crippen LogP contribution in [-0.2, 0) is 9.59 Å². The highest BCUT2D eigenvalue weighted by Crippen LogP contribution is 2.28. The third-order valence-corrected chi connectivity index (χ3v) is 5.61. The summed E-state index contributed by atoms with van der Waals surface area (Å²) in [5.74, 6) is -1.87. The van der Waals surface area contributed by atoms with Crippen LogP contribution in [0.5, 0.6) is 11.5 Å². The number of carbonyl (C=O) groups is 3. The van der Waals surface area contributed by atoms with E-state index in [4.69, 9.17) is 10.1 Å². The minimum absolute atomic E-state index is 0.00318. The lowest BCUT2D eigenvalue weighted by molar-refractivity contribution is -0.112. The quantitative estimate of drug-likeness (QED) is 0.142. The third kappa shape index (κ3) is 8.05. The first-order valence-corrected chi connectivity index (χ1v) is 12.4. The Hall–Kier alpha value is -5.43. The van der Waals surface area contributed by atoms with Crippen LogP contribution in [0.2, 0.25) is 0 Å². The molecular formula is C29H28F2N6O5. The first-order valence-electron chi connectivity index (χ1n) is 12.4. The predicted octanol–water partition coefficient (Wildman–Crippen LogP) is 4.28. The number of benzene rings is 2. The minimum Gasteiger partial charge on any atom is -0.454 e. The molecule has 0 aliphatic carbocycles. The van der Waals surface area contributed by atoms with Crippen molar-refractivity contribution in [2.24, 2.45) is 0 Å². The van der Waals surface area contributed by atoms with Crippen molar-refractivity contribution in [3.05, 3.63) is 96.1 Å². The van der Waals surface area contributed by atoms with Gasteiger partial charge in [-0.05, 0) is 49.4 Å². The number of hydrogen-bond donors (Lipinski definition) is 4. The first kappa shape index (κ1) is 31.1. The zero-order chi connectivity index (χ0) is 30.6. The van der Waals surface area contributed by atoms with Crippen molar-refractivity contribution in [1.82, 2.24) is 15.2 Å². The van der Waals surface area contributed by atoms with E-state index in [1.807, 2.05) is 0 Å². The van der Waals surface area contributed by atoms with Gasteiger partial charge in [-0.1, -0.05) is 0 Å². The van der Waals surface area contributed by atoms with E-state index < -0.39 is 30.2 Å².